The minimum absolute atomic E-state index is 0.737. The average molecular weight is 112 g/mol. The summed E-state index contributed by atoms with van der Waals surface area (Å²) < 4.78 is 5.07. The Morgan fingerprint density at radius 1 is 1.50 bits per heavy atom. The van der Waals surface area contributed by atoms with Crippen LogP contribution in [0.1, 0.15) is 20.8 Å². The summed E-state index contributed by atoms with van der Waals surface area (Å²) in [5.41, 5.74) is 0. The van der Waals surface area contributed by atoms with Crippen LogP contribution in [-0.4, -0.2) is 0 Å². The molecule has 0 N–H and O–H groups in total. The Balaban J connectivity index is 3.56. The molecule has 0 spiro atoms. The van der Waals surface area contributed by atoms with Crippen LogP contribution in [0.2, 0.25) is 0 Å². The lowest BCUT2D eigenvalue weighted by molar-refractivity contribution is 0.310. The quantitative estimate of drug-likeness (QED) is 0.498. The summed E-state index contributed by atoms with van der Waals surface area (Å²) in [7, 11) is 0. The van der Waals surface area contributed by atoms with Crippen LogP contribution in [0.4, 0.5) is 0 Å². The second kappa shape index (κ2) is 3.30. The summed E-state index contributed by atoms with van der Waals surface area (Å²) in [4.78, 5) is 0. The van der Waals surface area contributed by atoms with Gasteiger partial charge in [0.15, 0.2) is 0 Å². The second-order valence-electron chi connectivity index (χ2n) is 1.70. The molecule has 0 saturated heterocycles. The summed E-state index contributed by atoms with van der Waals surface area (Å²) in [6.07, 6.45) is 1.90. The molecule has 0 aromatic heterocycles. The van der Waals surface area contributed by atoms with Crippen LogP contribution >= 0.6 is 0 Å². The molecule has 0 aliphatic rings. The van der Waals surface area contributed by atoms with E-state index in [1.165, 1.54) is 0 Å². The first-order valence-corrected chi connectivity index (χ1v) is 2.63. The fourth-order valence-electron chi connectivity index (χ4n) is 0.334. The summed E-state index contributed by atoms with van der Waals surface area (Å²) in [5.74, 6) is 1.64. The van der Waals surface area contributed by atoms with Crippen molar-refractivity contribution in [3.8, 4) is 0 Å². The molecular weight excluding hydrogens is 100 g/mol. The van der Waals surface area contributed by atoms with Crippen molar-refractivity contribution in [2.45, 2.75) is 20.8 Å². The van der Waals surface area contributed by atoms with Crippen LogP contribution in [0.5, 0.6) is 0 Å². The van der Waals surface area contributed by atoms with Crippen LogP contribution in [0.15, 0.2) is 24.2 Å². The Morgan fingerprint density at radius 2 is 2.00 bits per heavy atom. The Labute approximate surface area is 50.7 Å². The number of hydrogen-bond acceptors (Lipinski definition) is 1. The van der Waals surface area contributed by atoms with E-state index in [2.05, 4.69) is 6.58 Å². The summed E-state index contributed by atoms with van der Waals surface area (Å²) >= 11 is 0. The van der Waals surface area contributed by atoms with Gasteiger partial charge in [-0.1, -0.05) is 6.58 Å². The average Bonchev–Trinajstić information content (AvgIpc) is 1.65. The van der Waals surface area contributed by atoms with Crippen molar-refractivity contribution in [1.29, 1.82) is 0 Å². The van der Waals surface area contributed by atoms with E-state index in [-0.39, 0.29) is 0 Å². The molecule has 0 fully saturated rings. The van der Waals surface area contributed by atoms with Gasteiger partial charge in [0.05, 0.1) is 11.5 Å². The summed E-state index contributed by atoms with van der Waals surface area (Å²) in [5, 5.41) is 0. The van der Waals surface area contributed by atoms with Crippen molar-refractivity contribution in [3.05, 3.63) is 24.2 Å². The molecule has 46 valence electrons. The number of allylic oxidation sites excluding steroid dienone is 3. The van der Waals surface area contributed by atoms with E-state index < -0.39 is 0 Å². The molecule has 8 heavy (non-hydrogen) atoms. The molecule has 0 amide bonds. The fraction of sp³-hybridized carbons (Fsp3) is 0.429. The zero-order chi connectivity index (χ0) is 6.57. The van der Waals surface area contributed by atoms with Crippen LogP contribution in [-0.2, 0) is 4.74 Å². The van der Waals surface area contributed by atoms with Crippen molar-refractivity contribution in [1.82, 2.24) is 0 Å². The maximum Gasteiger partial charge on any atom is 0.0962 e. The van der Waals surface area contributed by atoms with E-state index in [1.807, 2.05) is 26.8 Å². The van der Waals surface area contributed by atoms with Crippen molar-refractivity contribution in [3.63, 3.8) is 0 Å². The predicted molar refractivity (Wildman–Crippen MR) is 35.3 cm³/mol. The molecule has 0 heterocycles. The van der Waals surface area contributed by atoms with Gasteiger partial charge in [0, 0.05) is 0 Å². The third-order valence-electron chi connectivity index (χ3n) is 0.742. The molecule has 0 aromatic rings. The van der Waals surface area contributed by atoms with Crippen molar-refractivity contribution in [2.24, 2.45) is 0 Å². The van der Waals surface area contributed by atoms with Gasteiger partial charge in [0.1, 0.15) is 0 Å². The maximum atomic E-state index is 5.07. The molecule has 0 aliphatic heterocycles. The molecule has 0 aromatic carbocycles. The number of rotatable bonds is 2. The highest BCUT2D eigenvalue weighted by Gasteiger charge is 1.83. The first-order valence-electron chi connectivity index (χ1n) is 2.63. The minimum Gasteiger partial charge on any atom is -0.468 e. The van der Waals surface area contributed by atoms with Gasteiger partial charge in [-0.05, 0) is 26.8 Å². The van der Waals surface area contributed by atoms with Crippen LogP contribution in [0.3, 0.4) is 0 Å². The number of hydrogen-bond donors (Lipinski definition) is 0. The molecule has 0 saturated carbocycles. The maximum absolute atomic E-state index is 5.07. The van der Waals surface area contributed by atoms with E-state index in [0.29, 0.717) is 0 Å². The molecule has 1 nitrogen and oxygen atoms in total. The largest absolute Gasteiger partial charge is 0.468 e. The molecule has 0 radical (unpaired) electrons. The Morgan fingerprint density at radius 3 is 2.12 bits per heavy atom. The third-order valence-corrected chi connectivity index (χ3v) is 0.742. The van der Waals surface area contributed by atoms with Gasteiger partial charge >= 0.3 is 0 Å². The molecular formula is C7H12O. The lowest BCUT2D eigenvalue weighted by Crippen LogP contribution is -1.81. The minimum atomic E-state index is 0.737. The van der Waals surface area contributed by atoms with E-state index in [1.54, 1.807) is 0 Å². The lowest BCUT2D eigenvalue weighted by atomic mass is 10.5. The zero-order valence-electron chi connectivity index (χ0n) is 5.69. The lowest BCUT2D eigenvalue weighted by Gasteiger charge is -2.01. The summed E-state index contributed by atoms with van der Waals surface area (Å²) in [6.45, 7) is 9.23. The SMILES string of the molecule is C=C(C)OC(C)=CC. The van der Waals surface area contributed by atoms with Gasteiger partial charge in [-0.15, -0.1) is 0 Å². The van der Waals surface area contributed by atoms with Crippen molar-refractivity contribution in [2.75, 3.05) is 0 Å². The van der Waals surface area contributed by atoms with E-state index in [0.717, 1.165) is 11.5 Å². The Hall–Kier alpha value is -0.720. The van der Waals surface area contributed by atoms with Crippen LogP contribution < -0.4 is 0 Å². The van der Waals surface area contributed by atoms with Gasteiger partial charge < -0.3 is 4.74 Å². The standard InChI is InChI=1S/C7H12O/c1-5-7(4)8-6(2)3/h5H,2H2,1,3-4H3. The normalized spacial score (nSPS) is 11.1. The van der Waals surface area contributed by atoms with E-state index in [9.17, 15) is 0 Å². The van der Waals surface area contributed by atoms with Gasteiger partial charge in [-0.2, -0.15) is 0 Å². The first-order chi connectivity index (χ1) is 3.66. The Bertz CT molecular complexity index is 112. The topological polar surface area (TPSA) is 9.23 Å². The molecule has 0 unspecified atom stereocenters. The van der Waals surface area contributed by atoms with E-state index in [4.69, 9.17) is 4.74 Å². The highest BCUT2D eigenvalue weighted by molar-refractivity contribution is 4.91. The third kappa shape index (κ3) is 3.47. The predicted octanol–water partition coefficient (Wildman–Crippen LogP) is 2.46. The monoisotopic (exact) mass is 112 g/mol. The van der Waals surface area contributed by atoms with Gasteiger partial charge in [-0.25, -0.2) is 0 Å². The molecule has 0 atom stereocenters. The molecule has 1 heteroatoms. The number of ether oxygens (including phenoxy) is 1. The second-order valence-corrected chi connectivity index (χ2v) is 1.70. The highest BCUT2D eigenvalue weighted by atomic mass is 16.5. The smallest absolute Gasteiger partial charge is 0.0962 e. The van der Waals surface area contributed by atoms with Gasteiger partial charge in [0.25, 0.3) is 0 Å². The highest BCUT2D eigenvalue weighted by Crippen LogP contribution is 2.00. The molecule has 0 aliphatic carbocycles. The fourth-order valence-corrected chi connectivity index (χ4v) is 0.334. The van der Waals surface area contributed by atoms with Crippen LogP contribution in [0.25, 0.3) is 0 Å². The zero-order valence-corrected chi connectivity index (χ0v) is 5.69. The molecule has 0 bridgehead atoms. The van der Waals surface area contributed by atoms with Crippen molar-refractivity contribution >= 4 is 0 Å². The van der Waals surface area contributed by atoms with Crippen LogP contribution in [0, 0.1) is 0 Å². The van der Waals surface area contributed by atoms with Gasteiger partial charge in [-0.3, -0.25) is 0 Å². The van der Waals surface area contributed by atoms with Gasteiger partial charge in [0.2, 0.25) is 0 Å². The molecule has 0 rings (SSSR count). The van der Waals surface area contributed by atoms with E-state index >= 15 is 0 Å². The van der Waals surface area contributed by atoms with Crippen molar-refractivity contribution < 1.29 is 4.74 Å². The summed E-state index contributed by atoms with van der Waals surface area (Å²) in [6, 6.07) is 0. The Kier molecular flexibility index (Phi) is 3.01. The first kappa shape index (κ1) is 7.28.